The predicted octanol–water partition coefficient (Wildman–Crippen LogP) is 2.87. The molecule has 0 atom stereocenters. The molecule has 0 aromatic heterocycles. The topological polar surface area (TPSA) is 23.8 Å². The lowest BCUT2D eigenvalue weighted by atomic mass is 10.2. The van der Waals surface area contributed by atoms with Crippen molar-refractivity contribution in [2.24, 2.45) is 0 Å². The Hall–Kier alpha value is 0.0700. The molecule has 0 saturated carbocycles. The van der Waals surface area contributed by atoms with Crippen molar-refractivity contribution in [3.8, 4) is 6.07 Å². The van der Waals surface area contributed by atoms with E-state index in [1.54, 1.807) is 0 Å². The van der Waals surface area contributed by atoms with Crippen molar-refractivity contribution in [2.75, 3.05) is 0 Å². The Morgan fingerprint density at radius 3 is 2.44 bits per heavy atom. The number of nitriles is 1. The molecule has 0 aromatic rings. The van der Waals surface area contributed by atoms with E-state index in [1.165, 1.54) is 0 Å². The largest absolute Gasteiger partial charge is 0.198 e. The van der Waals surface area contributed by atoms with Crippen LogP contribution in [0.5, 0.6) is 0 Å². The first-order chi connectivity index (χ1) is 4.27. The van der Waals surface area contributed by atoms with E-state index in [1.807, 2.05) is 0 Å². The van der Waals surface area contributed by atoms with Crippen LogP contribution in [0.3, 0.4) is 0 Å². The number of hydrogen-bond donors (Lipinski definition) is 0. The second-order valence-corrected chi connectivity index (χ2v) is 3.07. The minimum Gasteiger partial charge on any atom is -0.198 e. The quantitative estimate of drug-likeness (QED) is 0.465. The molecule has 9 heavy (non-hydrogen) atoms. The Bertz CT molecular complexity index is 95.7. The minimum absolute atomic E-state index is 0.260. The van der Waals surface area contributed by atoms with Crippen LogP contribution >= 0.6 is 23.2 Å². The van der Waals surface area contributed by atoms with Gasteiger partial charge in [0.1, 0.15) is 4.84 Å². The van der Waals surface area contributed by atoms with Crippen LogP contribution in [0.2, 0.25) is 0 Å². The molecule has 0 saturated heterocycles. The fraction of sp³-hybridized carbons (Fsp3) is 0.833. The zero-order chi connectivity index (χ0) is 7.11. The van der Waals surface area contributed by atoms with Crippen LogP contribution < -0.4 is 0 Å². The van der Waals surface area contributed by atoms with Crippen molar-refractivity contribution in [3.63, 3.8) is 0 Å². The summed E-state index contributed by atoms with van der Waals surface area (Å²) in [4.78, 5) is -0.260. The van der Waals surface area contributed by atoms with Gasteiger partial charge in [0, 0.05) is 6.42 Å². The fourth-order valence-electron chi connectivity index (χ4n) is 0.503. The van der Waals surface area contributed by atoms with E-state index in [2.05, 4.69) is 6.07 Å². The van der Waals surface area contributed by atoms with Crippen molar-refractivity contribution < 1.29 is 0 Å². The summed E-state index contributed by atoms with van der Waals surface area (Å²) < 4.78 is 0. The Labute approximate surface area is 65.6 Å². The highest BCUT2D eigenvalue weighted by Crippen LogP contribution is 2.11. The molecule has 0 bridgehead atoms. The van der Waals surface area contributed by atoms with Gasteiger partial charge in [-0.2, -0.15) is 5.26 Å². The average Bonchev–Trinajstić information content (AvgIpc) is 1.80. The van der Waals surface area contributed by atoms with E-state index in [9.17, 15) is 0 Å². The summed E-state index contributed by atoms with van der Waals surface area (Å²) in [6, 6.07) is 2.06. The van der Waals surface area contributed by atoms with Gasteiger partial charge in [-0.05, 0) is 19.3 Å². The zero-order valence-corrected chi connectivity index (χ0v) is 6.62. The Kier molecular flexibility index (Phi) is 6.24. The summed E-state index contributed by atoms with van der Waals surface area (Å²) in [6.45, 7) is 0. The number of hydrogen-bond acceptors (Lipinski definition) is 1. The second-order valence-electron chi connectivity index (χ2n) is 1.79. The molecule has 0 spiro atoms. The molecule has 0 fully saturated rings. The molecule has 0 aliphatic heterocycles. The van der Waals surface area contributed by atoms with Crippen LogP contribution in [-0.4, -0.2) is 4.84 Å². The summed E-state index contributed by atoms with van der Waals surface area (Å²) in [6.07, 6.45) is 3.27. The van der Waals surface area contributed by atoms with Gasteiger partial charge in [-0.3, -0.25) is 0 Å². The van der Waals surface area contributed by atoms with Crippen LogP contribution in [0.15, 0.2) is 0 Å². The first-order valence-corrected chi connectivity index (χ1v) is 3.79. The molecule has 0 rings (SSSR count). The molecule has 0 aliphatic carbocycles. The van der Waals surface area contributed by atoms with E-state index in [4.69, 9.17) is 28.5 Å². The molecular formula is C6H9Cl2N. The molecule has 52 valence electrons. The fourth-order valence-corrected chi connectivity index (χ4v) is 0.811. The molecule has 0 N–H and O–H groups in total. The van der Waals surface area contributed by atoms with Crippen LogP contribution in [0.1, 0.15) is 25.7 Å². The Balaban J connectivity index is 2.85. The molecule has 0 amide bonds. The molecular weight excluding hydrogens is 157 g/mol. The van der Waals surface area contributed by atoms with Crippen LogP contribution in [-0.2, 0) is 0 Å². The van der Waals surface area contributed by atoms with E-state index in [0.29, 0.717) is 6.42 Å². The maximum atomic E-state index is 8.12. The van der Waals surface area contributed by atoms with Gasteiger partial charge in [0.2, 0.25) is 0 Å². The van der Waals surface area contributed by atoms with Gasteiger partial charge < -0.3 is 0 Å². The normalized spacial score (nSPS) is 9.56. The molecule has 0 unspecified atom stereocenters. The first-order valence-electron chi connectivity index (χ1n) is 2.92. The van der Waals surface area contributed by atoms with Crippen molar-refractivity contribution in [3.05, 3.63) is 0 Å². The lowest BCUT2D eigenvalue weighted by Crippen LogP contribution is -1.85. The number of rotatable bonds is 4. The van der Waals surface area contributed by atoms with Crippen molar-refractivity contribution in [1.29, 1.82) is 5.26 Å². The predicted molar refractivity (Wildman–Crippen MR) is 39.6 cm³/mol. The second kappa shape index (κ2) is 6.19. The highest BCUT2D eigenvalue weighted by molar-refractivity contribution is 6.44. The molecule has 1 nitrogen and oxygen atoms in total. The monoisotopic (exact) mass is 165 g/mol. The van der Waals surface area contributed by atoms with Crippen molar-refractivity contribution >= 4 is 23.2 Å². The average molecular weight is 166 g/mol. The minimum atomic E-state index is -0.260. The third kappa shape index (κ3) is 8.07. The van der Waals surface area contributed by atoms with Crippen molar-refractivity contribution in [2.45, 2.75) is 30.5 Å². The lowest BCUT2D eigenvalue weighted by molar-refractivity contribution is 0.722. The summed E-state index contributed by atoms with van der Waals surface area (Å²) in [5.41, 5.74) is 0. The number of halogens is 2. The summed E-state index contributed by atoms with van der Waals surface area (Å²) >= 11 is 10.9. The molecule has 0 heterocycles. The van der Waals surface area contributed by atoms with Crippen LogP contribution in [0, 0.1) is 11.3 Å². The van der Waals surface area contributed by atoms with Gasteiger partial charge in [0.15, 0.2) is 0 Å². The van der Waals surface area contributed by atoms with E-state index in [0.717, 1.165) is 19.3 Å². The van der Waals surface area contributed by atoms with Gasteiger partial charge in [-0.15, -0.1) is 23.2 Å². The van der Waals surface area contributed by atoms with Crippen LogP contribution in [0.25, 0.3) is 0 Å². The summed E-state index contributed by atoms with van der Waals surface area (Å²) in [7, 11) is 0. The first kappa shape index (κ1) is 9.07. The molecule has 0 aliphatic rings. The van der Waals surface area contributed by atoms with Crippen LogP contribution in [0.4, 0.5) is 0 Å². The highest BCUT2D eigenvalue weighted by atomic mass is 35.5. The van der Waals surface area contributed by atoms with E-state index in [-0.39, 0.29) is 4.84 Å². The standard InChI is InChI=1S/C6H9Cl2N/c7-6(8)4-2-1-3-5-9/h6H,1-4H2. The lowest BCUT2D eigenvalue weighted by Gasteiger charge is -1.96. The van der Waals surface area contributed by atoms with E-state index >= 15 is 0 Å². The van der Waals surface area contributed by atoms with E-state index < -0.39 is 0 Å². The van der Waals surface area contributed by atoms with Gasteiger partial charge in [0.05, 0.1) is 6.07 Å². The summed E-state index contributed by atoms with van der Waals surface area (Å²) in [5.74, 6) is 0. The molecule has 0 radical (unpaired) electrons. The zero-order valence-electron chi connectivity index (χ0n) is 5.11. The number of nitrogens with zero attached hydrogens (tertiary/aromatic N) is 1. The van der Waals surface area contributed by atoms with Gasteiger partial charge in [0.25, 0.3) is 0 Å². The third-order valence-electron chi connectivity index (χ3n) is 0.961. The maximum Gasteiger partial charge on any atom is 0.107 e. The smallest absolute Gasteiger partial charge is 0.107 e. The Morgan fingerprint density at radius 2 is 2.00 bits per heavy atom. The molecule has 3 heteroatoms. The van der Waals surface area contributed by atoms with Gasteiger partial charge >= 0.3 is 0 Å². The SMILES string of the molecule is N#CCCCCC(Cl)Cl. The third-order valence-corrected chi connectivity index (χ3v) is 1.40. The highest BCUT2D eigenvalue weighted by Gasteiger charge is 1.96. The number of alkyl halides is 2. The summed E-state index contributed by atoms with van der Waals surface area (Å²) in [5, 5.41) is 8.12. The van der Waals surface area contributed by atoms with Gasteiger partial charge in [-0.1, -0.05) is 0 Å². The van der Waals surface area contributed by atoms with Gasteiger partial charge in [-0.25, -0.2) is 0 Å². The Morgan fingerprint density at radius 1 is 1.33 bits per heavy atom. The van der Waals surface area contributed by atoms with Crippen molar-refractivity contribution in [1.82, 2.24) is 0 Å². The molecule has 0 aromatic carbocycles. The maximum absolute atomic E-state index is 8.12. The number of unbranched alkanes of at least 4 members (excludes halogenated alkanes) is 2.